The molecule has 0 bridgehead atoms. The monoisotopic (exact) mass is 249 g/mol. The van der Waals surface area contributed by atoms with Crippen molar-refractivity contribution in [1.29, 1.82) is 0 Å². The molecule has 5 nitrogen and oxygen atoms in total. The van der Waals surface area contributed by atoms with Crippen molar-refractivity contribution in [3.63, 3.8) is 0 Å². The normalized spacial score (nSPS) is 19.9. The van der Waals surface area contributed by atoms with Gasteiger partial charge in [-0.2, -0.15) is 5.10 Å². The van der Waals surface area contributed by atoms with Crippen LogP contribution in [0.3, 0.4) is 0 Å². The third-order valence-corrected chi connectivity index (χ3v) is 3.28. The van der Waals surface area contributed by atoms with Gasteiger partial charge in [-0.15, -0.1) is 0 Å². The van der Waals surface area contributed by atoms with Gasteiger partial charge in [0, 0.05) is 44.6 Å². The number of likely N-dealkylation sites (tertiary alicyclic amines) is 1. The number of aromatic nitrogens is 2. The number of aliphatic hydroxyl groups excluding tert-OH is 1. The van der Waals surface area contributed by atoms with Gasteiger partial charge in [0.1, 0.15) is 0 Å². The first-order valence-electron chi connectivity index (χ1n) is 6.25. The van der Waals surface area contributed by atoms with Gasteiger partial charge in [0.2, 0.25) is 5.91 Å². The zero-order chi connectivity index (χ0) is 13.0. The molecular formula is C13H19N3O2. The Kier molecular flexibility index (Phi) is 4.15. The lowest BCUT2D eigenvalue weighted by atomic mass is 10.1. The molecule has 0 spiro atoms. The lowest BCUT2D eigenvalue weighted by Gasteiger charge is -2.13. The molecule has 1 aromatic heterocycles. The lowest BCUT2D eigenvalue weighted by Crippen LogP contribution is -2.26. The largest absolute Gasteiger partial charge is 0.396 e. The summed E-state index contributed by atoms with van der Waals surface area (Å²) in [6, 6.07) is 0. The Bertz CT molecular complexity index is 439. The van der Waals surface area contributed by atoms with Crippen LogP contribution in [-0.2, 0) is 11.8 Å². The highest BCUT2D eigenvalue weighted by atomic mass is 16.3. The highest BCUT2D eigenvalue weighted by Gasteiger charge is 2.24. The second-order valence-corrected chi connectivity index (χ2v) is 4.73. The van der Waals surface area contributed by atoms with Crippen molar-refractivity contribution in [3.05, 3.63) is 24.0 Å². The molecule has 18 heavy (non-hydrogen) atoms. The van der Waals surface area contributed by atoms with Crippen LogP contribution in [0.2, 0.25) is 0 Å². The molecule has 0 aliphatic carbocycles. The number of nitrogens with zero attached hydrogens (tertiary/aromatic N) is 3. The summed E-state index contributed by atoms with van der Waals surface area (Å²) < 4.78 is 1.71. The molecule has 1 N–H and O–H groups in total. The van der Waals surface area contributed by atoms with Crippen LogP contribution in [0, 0.1) is 5.92 Å². The van der Waals surface area contributed by atoms with Crippen LogP contribution in [0.1, 0.15) is 18.4 Å². The third kappa shape index (κ3) is 3.20. The van der Waals surface area contributed by atoms with Crippen molar-refractivity contribution < 1.29 is 9.90 Å². The number of carbonyl (C=O) groups excluding carboxylic acids is 1. The molecule has 1 aliphatic rings. The Morgan fingerprint density at radius 2 is 2.50 bits per heavy atom. The maximum atomic E-state index is 11.9. The summed E-state index contributed by atoms with van der Waals surface area (Å²) in [6.07, 6.45) is 8.75. The number of carbonyl (C=O) groups is 1. The fourth-order valence-electron chi connectivity index (χ4n) is 2.25. The van der Waals surface area contributed by atoms with E-state index in [1.807, 2.05) is 18.1 Å². The van der Waals surface area contributed by atoms with Crippen molar-refractivity contribution in [1.82, 2.24) is 14.7 Å². The molecule has 0 radical (unpaired) electrons. The summed E-state index contributed by atoms with van der Waals surface area (Å²) in [5.41, 5.74) is 0.928. The first kappa shape index (κ1) is 12.8. The van der Waals surface area contributed by atoms with Gasteiger partial charge in [-0.05, 0) is 24.8 Å². The van der Waals surface area contributed by atoms with E-state index in [0.29, 0.717) is 5.92 Å². The minimum atomic E-state index is 0.0410. The standard InChI is InChI=1S/C13H19N3O2/c1-15-9-12(8-14-15)2-3-13(18)16-6-4-11(10-16)5-7-17/h2-3,8-9,11,17H,4-7,10H2,1H3/b3-2+. The Balaban J connectivity index is 1.87. The van der Waals surface area contributed by atoms with Gasteiger partial charge in [-0.1, -0.05) is 0 Å². The second kappa shape index (κ2) is 5.82. The quantitative estimate of drug-likeness (QED) is 0.798. The zero-order valence-corrected chi connectivity index (χ0v) is 10.6. The highest BCUT2D eigenvalue weighted by molar-refractivity contribution is 5.91. The van der Waals surface area contributed by atoms with Gasteiger partial charge >= 0.3 is 0 Å². The maximum absolute atomic E-state index is 11.9. The Morgan fingerprint density at radius 1 is 1.67 bits per heavy atom. The molecule has 1 aromatic rings. The SMILES string of the molecule is Cn1cc(/C=C/C(=O)N2CCC(CCO)C2)cn1. The summed E-state index contributed by atoms with van der Waals surface area (Å²) in [6.45, 7) is 1.76. The minimum absolute atomic E-state index is 0.0410. The van der Waals surface area contributed by atoms with E-state index in [4.69, 9.17) is 5.11 Å². The van der Waals surface area contributed by atoms with Gasteiger partial charge in [0.05, 0.1) is 6.20 Å². The van der Waals surface area contributed by atoms with Gasteiger partial charge in [-0.25, -0.2) is 0 Å². The van der Waals surface area contributed by atoms with Gasteiger partial charge in [-0.3, -0.25) is 9.48 Å². The Hall–Kier alpha value is -1.62. The maximum Gasteiger partial charge on any atom is 0.246 e. The first-order valence-corrected chi connectivity index (χ1v) is 6.25. The molecule has 98 valence electrons. The van der Waals surface area contributed by atoms with E-state index in [-0.39, 0.29) is 12.5 Å². The minimum Gasteiger partial charge on any atom is -0.396 e. The van der Waals surface area contributed by atoms with Crippen molar-refractivity contribution in [2.45, 2.75) is 12.8 Å². The van der Waals surface area contributed by atoms with E-state index < -0.39 is 0 Å². The van der Waals surface area contributed by atoms with Crippen LogP contribution in [0.15, 0.2) is 18.5 Å². The Morgan fingerprint density at radius 3 is 3.17 bits per heavy atom. The number of aryl methyl sites for hydroxylation is 1. The predicted molar refractivity (Wildman–Crippen MR) is 68.6 cm³/mol. The summed E-state index contributed by atoms with van der Waals surface area (Å²) in [5, 5.41) is 12.9. The van der Waals surface area contributed by atoms with E-state index in [2.05, 4.69) is 5.10 Å². The summed E-state index contributed by atoms with van der Waals surface area (Å²) in [4.78, 5) is 13.8. The molecule has 5 heteroatoms. The van der Waals surface area contributed by atoms with Crippen molar-refractivity contribution in [3.8, 4) is 0 Å². The van der Waals surface area contributed by atoms with Gasteiger partial charge in [0.25, 0.3) is 0 Å². The molecule has 1 saturated heterocycles. The van der Waals surface area contributed by atoms with E-state index >= 15 is 0 Å². The second-order valence-electron chi connectivity index (χ2n) is 4.73. The fraction of sp³-hybridized carbons (Fsp3) is 0.538. The highest BCUT2D eigenvalue weighted by Crippen LogP contribution is 2.19. The lowest BCUT2D eigenvalue weighted by molar-refractivity contribution is -0.125. The van der Waals surface area contributed by atoms with E-state index in [1.165, 1.54) is 0 Å². The smallest absolute Gasteiger partial charge is 0.246 e. The number of rotatable bonds is 4. The molecule has 2 rings (SSSR count). The zero-order valence-electron chi connectivity index (χ0n) is 10.6. The van der Waals surface area contributed by atoms with E-state index in [1.54, 1.807) is 23.0 Å². The summed E-state index contributed by atoms with van der Waals surface area (Å²) in [5.74, 6) is 0.491. The predicted octanol–water partition coefficient (Wildman–Crippen LogP) is 0.664. The third-order valence-electron chi connectivity index (χ3n) is 3.28. The molecule has 1 fully saturated rings. The van der Waals surface area contributed by atoms with Crippen LogP contribution >= 0.6 is 0 Å². The molecule has 0 aromatic carbocycles. The van der Waals surface area contributed by atoms with Crippen molar-refractivity contribution in [2.75, 3.05) is 19.7 Å². The summed E-state index contributed by atoms with van der Waals surface area (Å²) >= 11 is 0. The number of amides is 1. The van der Waals surface area contributed by atoms with Crippen LogP contribution in [0.4, 0.5) is 0 Å². The van der Waals surface area contributed by atoms with Crippen LogP contribution in [0.25, 0.3) is 6.08 Å². The van der Waals surface area contributed by atoms with Gasteiger partial charge in [0.15, 0.2) is 0 Å². The van der Waals surface area contributed by atoms with Crippen LogP contribution in [-0.4, -0.2) is 45.4 Å². The van der Waals surface area contributed by atoms with E-state index in [0.717, 1.165) is 31.5 Å². The first-order chi connectivity index (χ1) is 8.69. The van der Waals surface area contributed by atoms with Gasteiger partial charge < -0.3 is 10.0 Å². The molecule has 1 atom stereocenters. The average Bonchev–Trinajstić information content (AvgIpc) is 2.96. The topological polar surface area (TPSA) is 58.4 Å². The summed E-state index contributed by atoms with van der Waals surface area (Å²) in [7, 11) is 1.85. The van der Waals surface area contributed by atoms with Crippen LogP contribution in [0.5, 0.6) is 0 Å². The van der Waals surface area contributed by atoms with Crippen LogP contribution < -0.4 is 0 Å². The molecular weight excluding hydrogens is 230 g/mol. The Labute approximate surface area is 107 Å². The molecule has 0 saturated carbocycles. The fourth-order valence-corrected chi connectivity index (χ4v) is 2.25. The molecule has 1 aliphatic heterocycles. The van der Waals surface area contributed by atoms with E-state index in [9.17, 15) is 4.79 Å². The van der Waals surface area contributed by atoms with Crippen molar-refractivity contribution in [2.24, 2.45) is 13.0 Å². The molecule has 1 unspecified atom stereocenters. The average molecular weight is 249 g/mol. The molecule has 2 heterocycles. The number of hydrogen-bond donors (Lipinski definition) is 1. The number of hydrogen-bond acceptors (Lipinski definition) is 3. The molecule has 1 amide bonds. The van der Waals surface area contributed by atoms with Crippen molar-refractivity contribution >= 4 is 12.0 Å². The number of aliphatic hydroxyl groups is 1.